The lowest BCUT2D eigenvalue weighted by molar-refractivity contribution is -0.138. The fourth-order valence-electron chi connectivity index (χ4n) is 2.35. The van der Waals surface area contributed by atoms with E-state index in [4.69, 9.17) is 14.2 Å². The first-order valence-electron chi connectivity index (χ1n) is 5.44. The Balaban J connectivity index is 2.03. The van der Waals surface area contributed by atoms with Crippen LogP contribution >= 0.6 is 0 Å². The van der Waals surface area contributed by atoms with Crippen LogP contribution in [0.1, 0.15) is 6.92 Å². The van der Waals surface area contributed by atoms with E-state index < -0.39 is 5.60 Å². The van der Waals surface area contributed by atoms with Gasteiger partial charge in [-0.25, -0.2) is 0 Å². The highest BCUT2D eigenvalue weighted by Gasteiger charge is 2.51. The van der Waals surface area contributed by atoms with Gasteiger partial charge < -0.3 is 14.2 Å². The van der Waals surface area contributed by atoms with Crippen LogP contribution < -0.4 is 0 Å². The van der Waals surface area contributed by atoms with Gasteiger partial charge in [0.2, 0.25) is 0 Å². The zero-order valence-corrected chi connectivity index (χ0v) is 9.38. The third-order valence-electron chi connectivity index (χ3n) is 3.05. The zero-order chi connectivity index (χ0) is 11.9. The molecular formula is C13H12O4. The fraction of sp³-hybridized carbons (Fsp3) is 0.308. The molecule has 2 unspecified atom stereocenters. The van der Waals surface area contributed by atoms with E-state index in [0.29, 0.717) is 5.76 Å². The number of ether oxygens (including phenoxy) is 3. The molecule has 3 rings (SSSR count). The van der Waals surface area contributed by atoms with Crippen LogP contribution in [0.25, 0.3) is 0 Å². The van der Waals surface area contributed by atoms with Crippen molar-refractivity contribution in [1.82, 2.24) is 0 Å². The zero-order valence-electron chi connectivity index (χ0n) is 9.38. The molecule has 0 bridgehead atoms. The molecule has 3 aliphatic rings. The van der Waals surface area contributed by atoms with Crippen molar-refractivity contribution in [1.29, 1.82) is 0 Å². The molecule has 4 nitrogen and oxygen atoms in total. The molecule has 1 saturated heterocycles. The minimum Gasteiger partial charge on any atom is -0.428 e. The van der Waals surface area contributed by atoms with Crippen molar-refractivity contribution in [2.24, 2.45) is 0 Å². The number of hydrogen-bond acceptors (Lipinski definition) is 4. The highest BCUT2D eigenvalue weighted by molar-refractivity contribution is 5.68. The van der Waals surface area contributed by atoms with Crippen LogP contribution in [0.15, 0.2) is 47.8 Å². The van der Waals surface area contributed by atoms with Gasteiger partial charge in [-0.3, -0.25) is 4.79 Å². The lowest BCUT2D eigenvalue weighted by Crippen LogP contribution is -2.43. The predicted molar refractivity (Wildman–Crippen MR) is 59.8 cm³/mol. The molecule has 4 heteroatoms. The average molecular weight is 232 g/mol. The third-order valence-corrected chi connectivity index (χ3v) is 3.05. The summed E-state index contributed by atoms with van der Waals surface area (Å²) in [5.74, 6) is 0.146. The maximum Gasteiger partial charge on any atom is 0.307 e. The first-order chi connectivity index (χ1) is 8.22. The predicted octanol–water partition coefficient (Wildman–Crippen LogP) is 1.61. The van der Waals surface area contributed by atoms with Crippen LogP contribution in [-0.4, -0.2) is 24.5 Å². The first-order valence-corrected chi connectivity index (χ1v) is 5.44. The van der Waals surface area contributed by atoms with Crippen LogP contribution in [0.2, 0.25) is 0 Å². The van der Waals surface area contributed by atoms with Crippen molar-refractivity contribution in [3.8, 4) is 0 Å². The SMILES string of the molecule is CC(=O)OC1=CC=C2C=CC=CC23OCOC13. The fourth-order valence-corrected chi connectivity index (χ4v) is 2.35. The van der Waals surface area contributed by atoms with E-state index in [1.807, 2.05) is 30.4 Å². The Morgan fingerprint density at radius 3 is 3.18 bits per heavy atom. The standard InChI is InChI=1S/C13H12O4/c1-9(14)17-11-6-5-10-4-2-3-7-13(10)12(11)15-8-16-13/h2-7,12H,8H2,1H3. The van der Waals surface area contributed by atoms with Crippen molar-refractivity contribution < 1.29 is 19.0 Å². The molecule has 88 valence electrons. The Kier molecular flexibility index (Phi) is 2.28. The van der Waals surface area contributed by atoms with E-state index in [2.05, 4.69) is 0 Å². The van der Waals surface area contributed by atoms with Gasteiger partial charge in [0.05, 0.1) is 0 Å². The molecule has 2 atom stereocenters. The summed E-state index contributed by atoms with van der Waals surface area (Å²) >= 11 is 0. The molecular weight excluding hydrogens is 220 g/mol. The maximum atomic E-state index is 11.0. The number of rotatable bonds is 1. The summed E-state index contributed by atoms with van der Waals surface area (Å²) in [5, 5.41) is 0. The minimum atomic E-state index is -0.631. The maximum absolute atomic E-state index is 11.0. The molecule has 0 amide bonds. The third kappa shape index (κ3) is 1.49. The molecule has 1 fully saturated rings. The summed E-state index contributed by atoms with van der Waals surface area (Å²) in [7, 11) is 0. The van der Waals surface area contributed by atoms with Gasteiger partial charge in [0.15, 0.2) is 6.10 Å². The summed E-state index contributed by atoms with van der Waals surface area (Å²) < 4.78 is 16.4. The monoisotopic (exact) mass is 232 g/mol. The van der Waals surface area contributed by atoms with Crippen molar-refractivity contribution >= 4 is 5.97 Å². The first kappa shape index (κ1) is 10.5. The van der Waals surface area contributed by atoms with Gasteiger partial charge >= 0.3 is 5.97 Å². The van der Waals surface area contributed by atoms with Crippen molar-refractivity contribution in [3.05, 3.63) is 47.8 Å². The highest BCUT2D eigenvalue weighted by atomic mass is 16.7. The molecule has 1 spiro atoms. The van der Waals surface area contributed by atoms with E-state index in [-0.39, 0.29) is 18.9 Å². The summed E-state index contributed by atoms with van der Waals surface area (Å²) in [6, 6.07) is 0. The number of esters is 1. The van der Waals surface area contributed by atoms with E-state index in [1.54, 1.807) is 6.08 Å². The van der Waals surface area contributed by atoms with Crippen molar-refractivity contribution in [2.75, 3.05) is 6.79 Å². The van der Waals surface area contributed by atoms with E-state index in [0.717, 1.165) is 5.57 Å². The molecule has 0 aromatic heterocycles. The van der Waals surface area contributed by atoms with E-state index in [9.17, 15) is 4.79 Å². The molecule has 0 aromatic rings. The molecule has 0 aromatic carbocycles. The molecule has 1 aliphatic heterocycles. The Hall–Kier alpha value is -1.65. The van der Waals surface area contributed by atoms with Crippen molar-refractivity contribution in [2.45, 2.75) is 18.6 Å². The second kappa shape index (κ2) is 3.68. The summed E-state index contributed by atoms with van der Waals surface area (Å²) in [6.07, 6.45) is 11.0. The molecule has 1 heterocycles. The van der Waals surface area contributed by atoms with Gasteiger partial charge in [0.25, 0.3) is 0 Å². The average Bonchev–Trinajstić information content (AvgIpc) is 2.72. The molecule has 0 radical (unpaired) electrons. The van der Waals surface area contributed by atoms with E-state index in [1.165, 1.54) is 6.92 Å². The normalized spacial score (nSPS) is 33.6. The Bertz CT molecular complexity index is 484. The second-order valence-corrected chi connectivity index (χ2v) is 4.10. The quantitative estimate of drug-likeness (QED) is 0.644. The Labute approximate surface area is 98.8 Å². The van der Waals surface area contributed by atoms with Gasteiger partial charge in [-0.2, -0.15) is 0 Å². The molecule has 2 aliphatic carbocycles. The number of carbonyl (C=O) groups is 1. The van der Waals surface area contributed by atoms with Crippen LogP contribution in [0.5, 0.6) is 0 Å². The van der Waals surface area contributed by atoms with Crippen LogP contribution in [0.3, 0.4) is 0 Å². The van der Waals surface area contributed by atoms with E-state index >= 15 is 0 Å². The van der Waals surface area contributed by atoms with Gasteiger partial charge in [-0.05, 0) is 17.7 Å². The molecule has 0 N–H and O–H groups in total. The molecule has 0 saturated carbocycles. The van der Waals surface area contributed by atoms with Crippen molar-refractivity contribution in [3.63, 3.8) is 0 Å². The summed E-state index contributed by atoms with van der Waals surface area (Å²) in [4.78, 5) is 11.0. The summed E-state index contributed by atoms with van der Waals surface area (Å²) in [5.41, 5.74) is 0.382. The largest absolute Gasteiger partial charge is 0.428 e. The van der Waals surface area contributed by atoms with Crippen LogP contribution in [0.4, 0.5) is 0 Å². The Morgan fingerprint density at radius 1 is 1.47 bits per heavy atom. The number of allylic oxidation sites excluding steroid dienone is 4. The van der Waals surface area contributed by atoms with Gasteiger partial charge in [-0.15, -0.1) is 0 Å². The van der Waals surface area contributed by atoms with Crippen LogP contribution in [-0.2, 0) is 19.0 Å². The summed E-state index contributed by atoms with van der Waals surface area (Å²) in [6.45, 7) is 1.57. The lowest BCUT2D eigenvalue weighted by Gasteiger charge is -2.35. The lowest BCUT2D eigenvalue weighted by atomic mass is 9.80. The Morgan fingerprint density at radius 2 is 2.35 bits per heavy atom. The number of hydrogen-bond donors (Lipinski definition) is 0. The topological polar surface area (TPSA) is 44.8 Å². The molecule has 17 heavy (non-hydrogen) atoms. The van der Waals surface area contributed by atoms with Gasteiger partial charge in [0, 0.05) is 6.92 Å². The van der Waals surface area contributed by atoms with Gasteiger partial charge in [0.1, 0.15) is 18.2 Å². The minimum absolute atomic E-state index is 0.193. The number of carbonyl (C=O) groups excluding carboxylic acids is 1. The smallest absolute Gasteiger partial charge is 0.307 e. The van der Waals surface area contributed by atoms with Crippen LogP contribution in [0, 0.1) is 0 Å². The van der Waals surface area contributed by atoms with Gasteiger partial charge in [-0.1, -0.05) is 24.3 Å². The highest BCUT2D eigenvalue weighted by Crippen LogP contribution is 2.43. The second-order valence-electron chi connectivity index (χ2n) is 4.10.